The van der Waals surface area contributed by atoms with E-state index in [1.165, 1.54) is 19.1 Å². The molecule has 0 radical (unpaired) electrons. The second-order valence-electron chi connectivity index (χ2n) is 6.45. The highest BCUT2D eigenvalue weighted by molar-refractivity contribution is 7.92. The fourth-order valence-electron chi connectivity index (χ4n) is 3.02. The first-order valence-corrected chi connectivity index (χ1v) is 10.5. The maximum absolute atomic E-state index is 13.0. The molecule has 1 amide bonds. The quantitative estimate of drug-likeness (QED) is 0.673. The van der Waals surface area contributed by atoms with Gasteiger partial charge in [0.25, 0.3) is 0 Å². The Morgan fingerprint density at radius 1 is 1.04 bits per heavy atom. The van der Waals surface area contributed by atoms with Gasteiger partial charge in [0.2, 0.25) is 15.9 Å². The van der Waals surface area contributed by atoms with Crippen LogP contribution in [0, 0.1) is 0 Å². The standard InChI is InChI=1S/C20H26N2O5S/c1-15(20(23)21(2)14-16-9-7-6-8-10-16)22(28(5,24)25)17-11-12-18(26-3)19(13-17)27-4/h6-13,15H,14H2,1-5H3. The Kier molecular flexibility index (Phi) is 6.90. The molecular weight excluding hydrogens is 380 g/mol. The highest BCUT2D eigenvalue weighted by atomic mass is 32.2. The molecule has 0 saturated carbocycles. The van der Waals surface area contributed by atoms with Crippen LogP contribution in [0.25, 0.3) is 0 Å². The number of sulfonamides is 1. The van der Waals surface area contributed by atoms with E-state index in [1.54, 1.807) is 32.2 Å². The Morgan fingerprint density at radius 3 is 2.18 bits per heavy atom. The predicted octanol–water partition coefficient (Wildman–Crippen LogP) is 2.52. The number of amides is 1. The van der Waals surface area contributed by atoms with Gasteiger partial charge in [0.15, 0.2) is 11.5 Å². The summed E-state index contributed by atoms with van der Waals surface area (Å²) in [6.45, 7) is 1.95. The molecule has 8 heteroatoms. The Bertz CT molecular complexity index is 915. The van der Waals surface area contributed by atoms with E-state index in [2.05, 4.69) is 0 Å². The summed E-state index contributed by atoms with van der Waals surface area (Å²) in [7, 11) is 0.893. The van der Waals surface area contributed by atoms with Crippen LogP contribution in [-0.2, 0) is 21.4 Å². The Hall–Kier alpha value is -2.74. The van der Waals surface area contributed by atoms with E-state index in [0.29, 0.717) is 23.7 Å². The van der Waals surface area contributed by atoms with Crippen molar-refractivity contribution in [1.29, 1.82) is 0 Å². The number of hydrogen-bond acceptors (Lipinski definition) is 5. The van der Waals surface area contributed by atoms with E-state index in [0.717, 1.165) is 16.1 Å². The smallest absolute Gasteiger partial charge is 0.246 e. The van der Waals surface area contributed by atoms with Crippen molar-refractivity contribution in [3.63, 3.8) is 0 Å². The van der Waals surface area contributed by atoms with Gasteiger partial charge in [0.1, 0.15) is 6.04 Å². The molecule has 0 bridgehead atoms. The summed E-state index contributed by atoms with van der Waals surface area (Å²) >= 11 is 0. The molecule has 2 aromatic rings. The fourth-order valence-corrected chi connectivity index (χ4v) is 4.18. The minimum Gasteiger partial charge on any atom is -0.493 e. The first-order valence-electron chi connectivity index (χ1n) is 8.69. The van der Waals surface area contributed by atoms with Crippen LogP contribution in [0.15, 0.2) is 48.5 Å². The van der Waals surface area contributed by atoms with Gasteiger partial charge in [-0.1, -0.05) is 30.3 Å². The summed E-state index contributed by atoms with van der Waals surface area (Å²) in [5, 5.41) is 0. The molecule has 0 aliphatic rings. The average Bonchev–Trinajstić information content (AvgIpc) is 2.66. The number of rotatable bonds is 8. The van der Waals surface area contributed by atoms with Crippen LogP contribution in [0.4, 0.5) is 5.69 Å². The summed E-state index contributed by atoms with van der Waals surface area (Å²) in [6.07, 6.45) is 1.07. The first kappa shape index (κ1) is 21.6. The number of carbonyl (C=O) groups excluding carboxylic acids is 1. The lowest BCUT2D eigenvalue weighted by molar-refractivity contribution is -0.131. The number of benzene rings is 2. The third kappa shape index (κ3) is 4.95. The van der Waals surface area contributed by atoms with E-state index in [1.807, 2.05) is 30.3 Å². The van der Waals surface area contributed by atoms with E-state index < -0.39 is 16.1 Å². The van der Waals surface area contributed by atoms with Crippen molar-refractivity contribution in [3.05, 3.63) is 54.1 Å². The van der Waals surface area contributed by atoms with Crippen molar-refractivity contribution in [2.24, 2.45) is 0 Å². The van der Waals surface area contributed by atoms with Crippen molar-refractivity contribution in [1.82, 2.24) is 4.90 Å². The molecule has 2 aromatic carbocycles. The van der Waals surface area contributed by atoms with Gasteiger partial charge in [0, 0.05) is 19.7 Å². The molecular formula is C20H26N2O5S. The molecule has 0 aliphatic heterocycles. The first-order chi connectivity index (χ1) is 13.2. The van der Waals surface area contributed by atoms with Gasteiger partial charge in [-0.2, -0.15) is 0 Å². The van der Waals surface area contributed by atoms with E-state index in [-0.39, 0.29) is 5.91 Å². The van der Waals surface area contributed by atoms with E-state index in [9.17, 15) is 13.2 Å². The number of nitrogens with zero attached hydrogens (tertiary/aromatic N) is 2. The topological polar surface area (TPSA) is 76.2 Å². The van der Waals surface area contributed by atoms with Crippen molar-refractivity contribution in [3.8, 4) is 11.5 Å². The molecule has 0 aliphatic carbocycles. The maximum Gasteiger partial charge on any atom is 0.246 e. The van der Waals surface area contributed by atoms with Crippen LogP contribution in [0.2, 0.25) is 0 Å². The van der Waals surface area contributed by atoms with Gasteiger partial charge < -0.3 is 14.4 Å². The van der Waals surface area contributed by atoms with Gasteiger partial charge in [-0.3, -0.25) is 9.10 Å². The molecule has 1 unspecified atom stereocenters. The Morgan fingerprint density at radius 2 is 1.64 bits per heavy atom. The van der Waals surface area contributed by atoms with Crippen LogP contribution in [-0.4, -0.2) is 52.8 Å². The number of anilines is 1. The van der Waals surface area contributed by atoms with Gasteiger partial charge in [0.05, 0.1) is 26.2 Å². The fraction of sp³-hybridized carbons (Fsp3) is 0.350. The minimum absolute atomic E-state index is 0.316. The summed E-state index contributed by atoms with van der Waals surface area (Å²) in [5.41, 5.74) is 1.29. The summed E-state index contributed by atoms with van der Waals surface area (Å²) in [4.78, 5) is 14.5. The third-order valence-corrected chi connectivity index (χ3v) is 5.57. The molecule has 0 saturated heterocycles. The maximum atomic E-state index is 13.0. The summed E-state index contributed by atoms with van der Waals surface area (Å²) < 4.78 is 36.6. The highest BCUT2D eigenvalue weighted by Gasteiger charge is 2.31. The molecule has 0 heterocycles. The molecule has 7 nitrogen and oxygen atoms in total. The lowest BCUT2D eigenvalue weighted by Gasteiger charge is -2.31. The van der Waals surface area contributed by atoms with Crippen molar-refractivity contribution < 1.29 is 22.7 Å². The zero-order valence-corrected chi connectivity index (χ0v) is 17.6. The number of ether oxygens (including phenoxy) is 2. The third-order valence-electron chi connectivity index (χ3n) is 4.33. The zero-order valence-electron chi connectivity index (χ0n) is 16.7. The van der Waals surface area contributed by atoms with Crippen LogP contribution in [0.5, 0.6) is 11.5 Å². The van der Waals surface area contributed by atoms with Crippen molar-refractivity contribution in [2.45, 2.75) is 19.5 Å². The second-order valence-corrected chi connectivity index (χ2v) is 8.31. The monoisotopic (exact) mass is 406 g/mol. The zero-order chi connectivity index (χ0) is 20.9. The normalized spacial score (nSPS) is 12.2. The van der Waals surface area contributed by atoms with E-state index >= 15 is 0 Å². The highest BCUT2D eigenvalue weighted by Crippen LogP contribution is 2.33. The second kappa shape index (κ2) is 8.97. The van der Waals surface area contributed by atoms with E-state index in [4.69, 9.17) is 9.47 Å². The largest absolute Gasteiger partial charge is 0.493 e. The van der Waals surface area contributed by atoms with Crippen LogP contribution < -0.4 is 13.8 Å². The van der Waals surface area contributed by atoms with Crippen LogP contribution in [0.1, 0.15) is 12.5 Å². The SMILES string of the molecule is COc1ccc(N(C(C)C(=O)N(C)Cc2ccccc2)S(C)(=O)=O)cc1OC. The van der Waals surface area contributed by atoms with Gasteiger partial charge in [-0.15, -0.1) is 0 Å². The molecule has 0 aromatic heterocycles. The summed E-state index contributed by atoms with van der Waals surface area (Å²) in [6, 6.07) is 13.3. The van der Waals surface area contributed by atoms with Crippen molar-refractivity contribution in [2.75, 3.05) is 31.8 Å². The molecule has 28 heavy (non-hydrogen) atoms. The number of hydrogen-bond donors (Lipinski definition) is 0. The molecule has 1 atom stereocenters. The summed E-state index contributed by atoms with van der Waals surface area (Å²) in [5.74, 6) is 0.537. The van der Waals surface area contributed by atoms with Gasteiger partial charge in [-0.05, 0) is 24.6 Å². The molecule has 0 N–H and O–H groups in total. The predicted molar refractivity (Wildman–Crippen MR) is 109 cm³/mol. The number of likely N-dealkylation sites (N-methyl/N-ethyl adjacent to an activating group) is 1. The molecule has 0 spiro atoms. The van der Waals surface area contributed by atoms with Gasteiger partial charge in [-0.25, -0.2) is 8.42 Å². The Balaban J connectivity index is 2.33. The Labute approximate surface area is 166 Å². The van der Waals surface area contributed by atoms with Crippen LogP contribution >= 0.6 is 0 Å². The number of carbonyl (C=O) groups is 1. The average molecular weight is 407 g/mol. The molecule has 152 valence electrons. The minimum atomic E-state index is -3.72. The van der Waals surface area contributed by atoms with Crippen molar-refractivity contribution >= 4 is 21.6 Å². The molecule has 0 fully saturated rings. The lowest BCUT2D eigenvalue weighted by atomic mass is 10.2. The number of methoxy groups -OCH3 is 2. The van der Waals surface area contributed by atoms with Crippen LogP contribution in [0.3, 0.4) is 0 Å². The lowest BCUT2D eigenvalue weighted by Crippen LogP contribution is -2.48. The molecule has 2 rings (SSSR count). The van der Waals surface area contributed by atoms with Gasteiger partial charge >= 0.3 is 0 Å².